The summed E-state index contributed by atoms with van der Waals surface area (Å²) in [5.41, 5.74) is 0.544. The molecule has 3 aliphatic rings. The van der Waals surface area contributed by atoms with Gasteiger partial charge in [0, 0.05) is 12.1 Å². The zero-order valence-corrected chi connectivity index (χ0v) is 16.6. The fourth-order valence-corrected chi connectivity index (χ4v) is 4.57. The molecule has 0 spiro atoms. The number of rotatable bonds is 5. The molecule has 6 nitrogen and oxygen atoms in total. The Kier molecular flexibility index (Phi) is 6.56. The van der Waals surface area contributed by atoms with Gasteiger partial charge in [0.05, 0.1) is 12.2 Å². The first-order chi connectivity index (χ1) is 12.3. The van der Waals surface area contributed by atoms with Crippen LogP contribution in [0.1, 0.15) is 81.2 Å². The quantitative estimate of drug-likeness (QED) is 0.850. The third-order valence-corrected chi connectivity index (χ3v) is 6.37. The number of hydrogen-bond acceptors (Lipinski definition) is 4. The molecule has 7 heteroatoms. The molecule has 1 amide bonds. The summed E-state index contributed by atoms with van der Waals surface area (Å²) in [4.78, 5) is 15.3. The molecular weight excluding hydrogens is 350 g/mol. The highest BCUT2D eigenvalue weighted by atomic mass is 35.5. The fraction of sp³-hybridized carbons (Fsp3) is 0.842. The van der Waals surface area contributed by atoms with E-state index in [1.165, 1.54) is 19.3 Å². The van der Waals surface area contributed by atoms with Crippen LogP contribution < -0.4 is 5.32 Å². The summed E-state index contributed by atoms with van der Waals surface area (Å²) < 4.78 is 1.92. The summed E-state index contributed by atoms with van der Waals surface area (Å²) in [6.07, 6.45) is 12.4. The lowest BCUT2D eigenvalue weighted by atomic mass is 9.83. The molecule has 2 saturated carbocycles. The minimum atomic E-state index is 0. The lowest BCUT2D eigenvalue weighted by Crippen LogP contribution is -2.44. The Morgan fingerprint density at radius 1 is 1.12 bits per heavy atom. The van der Waals surface area contributed by atoms with Crippen molar-refractivity contribution in [2.75, 3.05) is 13.1 Å². The Morgan fingerprint density at radius 2 is 1.73 bits per heavy atom. The van der Waals surface area contributed by atoms with Gasteiger partial charge in [-0.25, -0.2) is 4.68 Å². The van der Waals surface area contributed by atoms with Crippen molar-refractivity contribution in [2.45, 2.75) is 82.8 Å². The van der Waals surface area contributed by atoms with Gasteiger partial charge in [-0.15, -0.1) is 17.5 Å². The molecule has 1 aromatic rings. The summed E-state index contributed by atoms with van der Waals surface area (Å²) in [6, 6.07) is 1.23. The van der Waals surface area contributed by atoms with E-state index in [1.807, 2.05) is 10.9 Å². The van der Waals surface area contributed by atoms with Gasteiger partial charge in [0.1, 0.15) is 0 Å². The van der Waals surface area contributed by atoms with E-state index in [1.54, 1.807) is 0 Å². The highest BCUT2D eigenvalue weighted by Crippen LogP contribution is 2.37. The van der Waals surface area contributed by atoms with Gasteiger partial charge in [0.25, 0.3) is 5.91 Å². The van der Waals surface area contributed by atoms with Crippen LogP contribution in [0.15, 0.2) is 6.20 Å². The van der Waals surface area contributed by atoms with E-state index in [2.05, 4.69) is 27.5 Å². The summed E-state index contributed by atoms with van der Waals surface area (Å²) in [7, 11) is 0. The van der Waals surface area contributed by atoms with Crippen LogP contribution in [0, 0.1) is 5.92 Å². The van der Waals surface area contributed by atoms with Crippen molar-refractivity contribution in [3.8, 4) is 0 Å². The van der Waals surface area contributed by atoms with E-state index in [-0.39, 0.29) is 18.3 Å². The first-order valence-corrected chi connectivity index (χ1v) is 10.2. The Balaban J connectivity index is 0.00000196. The minimum Gasteiger partial charge on any atom is -0.331 e. The molecule has 1 aromatic heterocycles. The lowest BCUT2D eigenvalue weighted by molar-refractivity contribution is 0.0581. The molecule has 0 radical (unpaired) electrons. The summed E-state index contributed by atoms with van der Waals surface area (Å²) >= 11 is 0. The van der Waals surface area contributed by atoms with Gasteiger partial charge in [-0.3, -0.25) is 4.79 Å². The Hall–Kier alpha value is -1.14. The number of amides is 1. The van der Waals surface area contributed by atoms with Crippen molar-refractivity contribution < 1.29 is 4.79 Å². The molecule has 2 aliphatic carbocycles. The molecule has 0 unspecified atom stereocenters. The van der Waals surface area contributed by atoms with Crippen molar-refractivity contribution in [1.29, 1.82) is 0 Å². The van der Waals surface area contributed by atoms with Crippen LogP contribution in [-0.4, -0.2) is 51.0 Å². The largest absolute Gasteiger partial charge is 0.331 e. The molecule has 3 fully saturated rings. The third kappa shape index (κ3) is 4.22. The Labute approximate surface area is 162 Å². The number of halogens is 1. The van der Waals surface area contributed by atoms with E-state index >= 15 is 0 Å². The highest BCUT2D eigenvalue weighted by Gasteiger charge is 2.40. The second kappa shape index (κ2) is 8.70. The maximum Gasteiger partial charge on any atom is 0.276 e. The minimum absolute atomic E-state index is 0. The topological polar surface area (TPSA) is 63.1 Å². The molecular formula is C19H32ClN5O. The van der Waals surface area contributed by atoms with Crippen LogP contribution in [-0.2, 0) is 0 Å². The molecule has 146 valence electrons. The number of carbonyl (C=O) groups is 1. The predicted molar refractivity (Wildman–Crippen MR) is 104 cm³/mol. The number of nitrogens with one attached hydrogen (secondary N) is 1. The van der Waals surface area contributed by atoms with Crippen LogP contribution >= 0.6 is 12.4 Å². The number of nitrogens with zero attached hydrogens (tertiary/aromatic N) is 4. The predicted octanol–water partition coefficient (Wildman–Crippen LogP) is 3.20. The highest BCUT2D eigenvalue weighted by molar-refractivity contribution is 5.92. The average molecular weight is 382 g/mol. The van der Waals surface area contributed by atoms with Crippen LogP contribution in [0.2, 0.25) is 0 Å². The normalized spacial score (nSPS) is 27.0. The Morgan fingerprint density at radius 3 is 2.31 bits per heavy atom. The smallest absolute Gasteiger partial charge is 0.276 e. The molecule has 26 heavy (non-hydrogen) atoms. The van der Waals surface area contributed by atoms with Crippen molar-refractivity contribution in [1.82, 2.24) is 25.2 Å². The van der Waals surface area contributed by atoms with Gasteiger partial charge in [-0.1, -0.05) is 18.6 Å². The summed E-state index contributed by atoms with van der Waals surface area (Å²) in [5.74, 6) is 0.968. The Bertz CT molecular complexity index is 589. The molecule has 1 aliphatic heterocycles. The molecule has 2 heterocycles. The van der Waals surface area contributed by atoms with Gasteiger partial charge in [0.2, 0.25) is 0 Å². The molecule has 0 bridgehead atoms. The van der Waals surface area contributed by atoms with E-state index in [9.17, 15) is 4.79 Å². The van der Waals surface area contributed by atoms with Crippen LogP contribution in [0.5, 0.6) is 0 Å². The summed E-state index contributed by atoms with van der Waals surface area (Å²) in [5, 5.41) is 11.9. The zero-order valence-electron chi connectivity index (χ0n) is 15.8. The van der Waals surface area contributed by atoms with E-state index in [0.29, 0.717) is 23.8 Å². The molecule has 4 rings (SSSR count). The maximum absolute atomic E-state index is 13.2. The number of hydrogen-bond donors (Lipinski definition) is 1. The molecule has 0 aromatic carbocycles. The fourth-order valence-electron chi connectivity index (χ4n) is 4.57. The van der Waals surface area contributed by atoms with Crippen molar-refractivity contribution in [3.63, 3.8) is 0 Å². The lowest BCUT2D eigenvalue weighted by Gasteiger charge is -2.36. The van der Waals surface area contributed by atoms with E-state index < -0.39 is 0 Å². The van der Waals surface area contributed by atoms with E-state index in [0.717, 1.165) is 57.5 Å². The first kappa shape index (κ1) is 19.6. The first-order valence-electron chi connectivity index (χ1n) is 10.2. The maximum atomic E-state index is 13.2. The van der Waals surface area contributed by atoms with Gasteiger partial charge < -0.3 is 10.2 Å². The number of carbonyl (C=O) groups excluding carboxylic acids is 1. The monoisotopic (exact) mass is 381 g/mol. The number of piperidine rings is 1. The second-order valence-corrected chi connectivity index (χ2v) is 8.09. The number of aromatic nitrogens is 3. The van der Waals surface area contributed by atoms with Gasteiger partial charge in [-0.2, -0.15) is 0 Å². The molecule has 1 saturated heterocycles. The van der Waals surface area contributed by atoms with Crippen molar-refractivity contribution >= 4 is 18.3 Å². The van der Waals surface area contributed by atoms with Gasteiger partial charge in [0.15, 0.2) is 5.69 Å². The van der Waals surface area contributed by atoms with Crippen LogP contribution in [0.25, 0.3) is 0 Å². The standard InChI is InChI=1S/C19H31N5O.ClH/c1-2-14-3-5-16(6-4-14)24(17-7-8-17)19(25)18-13-23(22-21-18)15-9-11-20-12-10-15;/h13-17,20H,2-12H2,1H3;1H. The van der Waals surface area contributed by atoms with Crippen molar-refractivity contribution in [3.05, 3.63) is 11.9 Å². The molecule has 0 atom stereocenters. The SMILES string of the molecule is CCC1CCC(N(C(=O)c2cn(C3CCNCC3)nn2)C2CC2)CC1.Cl. The third-order valence-electron chi connectivity index (χ3n) is 6.37. The summed E-state index contributed by atoms with van der Waals surface area (Å²) in [6.45, 7) is 4.32. The van der Waals surface area contributed by atoms with Crippen molar-refractivity contribution in [2.24, 2.45) is 5.92 Å². The van der Waals surface area contributed by atoms with Gasteiger partial charge in [-0.05, 0) is 70.4 Å². The van der Waals surface area contributed by atoms with Crippen LogP contribution in [0.3, 0.4) is 0 Å². The second-order valence-electron chi connectivity index (χ2n) is 8.09. The van der Waals surface area contributed by atoms with E-state index in [4.69, 9.17) is 0 Å². The van der Waals surface area contributed by atoms with Gasteiger partial charge >= 0.3 is 0 Å². The average Bonchev–Trinajstić information content (AvgIpc) is 3.37. The molecule has 1 N–H and O–H groups in total. The zero-order chi connectivity index (χ0) is 17.2. The van der Waals surface area contributed by atoms with Crippen LogP contribution in [0.4, 0.5) is 0 Å².